The molecular formula is C8H11N3. The second-order valence-corrected chi connectivity index (χ2v) is 2.83. The number of hydrazine groups is 1. The van der Waals surface area contributed by atoms with Crippen molar-refractivity contribution >= 4 is 6.21 Å². The summed E-state index contributed by atoms with van der Waals surface area (Å²) in [7, 11) is 2.00. The first-order valence-electron chi connectivity index (χ1n) is 3.69. The van der Waals surface area contributed by atoms with Crippen LogP contribution >= 0.6 is 0 Å². The van der Waals surface area contributed by atoms with E-state index >= 15 is 0 Å². The number of aliphatic imine (C=N–C) groups is 1. The van der Waals surface area contributed by atoms with E-state index in [0.717, 1.165) is 0 Å². The first-order valence-corrected chi connectivity index (χ1v) is 3.69. The number of fused-ring (bicyclic) bond motifs is 1. The van der Waals surface area contributed by atoms with Crippen molar-refractivity contribution in [2.45, 2.75) is 13.1 Å². The summed E-state index contributed by atoms with van der Waals surface area (Å²) in [5.41, 5.74) is 5.68. The summed E-state index contributed by atoms with van der Waals surface area (Å²) in [6, 6.07) is 0. The Kier molecular flexibility index (Phi) is 1.32. The molecule has 3 nitrogen and oxygen atoms in total. The van der Waals surface area contributed by atoms with E-state index in [-0.39, 0.29) is 6.17 Å². The number of rotatable bonds is 0. The average Bonchev–Trinajstić information content (AvgIpc) is 2.30. The molecule has 1 N–H and O–H groups in total. The van der Waals surface area contributed by atoms with Gasteiger partial charge in [-0.2, -0.15) is 5.01 Å². The molecule has 2 aliphatic heterocycles. The Morgan fingerprint density at radius 2 is 2.45 bits per heavy atom. The van der Waals surface area contributed by atoms with E-state index in [1.54, 1.807) is 0 Å². The van der Waals surface area contributed by atoms with Crippen LogP contribution in [-0.2, 0) is 0 Å². The molecule has 0 aromatic carbocycles. The predicted molar refractivity (Wildman–Crippen MR) is 45.0 cm³/mol. The standard InChI is InChI=1S/C8H11N3/c1-6-7-4-3-5-9-8(7)11(2)10-6/h3-5,8,10H,1-2H3. The number of hydrogen-bond acceptors (Lipinski definition) is 3. The molecular weight excluding hydrogens is 138 g/mol. The van der Waals surface area contributed by atoms with Crippen molar-refractivity contribution in [2.75, 3.05) is 7.05 Å². The van der Waals surface area contributed by atoms with Crippen molar-refractivity contribution in [3.63, 3.8) is 0 Å². The van der Waals surface area contributed by atoms with E-state index in [4.69, 9.17) is 0 Å². The second-order valence-electron chi connectivity index (χ2n) is 2.83. The molecule has 1 unspecified atom stereocenters. The molecule has 0 aliphatic carbocycles. The summed E-state index contributed by atoms with van der Waals surface area (Å²) in [4.78, 5) is 4.32. The zero-order valence-electron chi connectivity index (χ0n) is 6.70. The van der Waals surface area contributed by atoms with Gasteiger partial charge in [-0.05, 0) is 13.0 Å². The maximum absolute atomic E-state index is 4.32. The van der Waals surface area contributed by atoms with Crippen molar-refractivity contribution in [1.29, 1.82) is 0 Å². The summed E-state index contributed by atoms with van der Waals surface area (Å²) >= 11 is 0. The molecule has 3 heteroatoms. The van der Waals surface area contributed by atoms with Crippen LogP contribution < -0.4 is 5.43 Å². The molecule has 0 saturated carbocycles. The van der Waals surface area contributed by atoms with E-state index in [9.17, 15) is 0 Å². The van der Waals surface area contributed by atoms with Gasteiger partial charge in [0.25, 0.3) is 0 Å². The molecule has 11 heavy (non-hydrogen) atoms. The third-order valence-electron chi connectivity index (χ3n) is 2.01. The first kappa shape index (κ1) is 6.61. The second kappa shape index (κ2) is 2.20. The van der Waals surface area contributed by atoms with Gasteiger partial charge in [0.2, 0.25) is 0 Å². The highest BCUT2D eigenvalue weighted by atomic mass is 15.6. The van der Waals surface area contributed by atoms with Crippen molar-refractivity contribution in [1.82, 2.24) is 10.4 Å². The van der Waals surface area contributed by atoms with Crippen LogP contribution in [0.1, 0.15) is 6.92 Å². The number of likely N-dealkylation sites (N-methyl/N-ethyl adjacent to an activating group) is 1. The highest BCUT2D eigenvalue weighted by Crippen LogP contribution is 2.22. The third-order valence-corrected chi connectivity index (χ3v) is 2.01. The molecule has 0 aromatic heterocycles. The van der Waals surface area contributed by atoms with E-state index < -0.39 is 0 Å². The number of allylic oxidation sites excluding steroid dienone is 2. The van der Waals surface area contributed by atoms with Crippen LogP contribution in [-0.4, -0.2) is 24.4 Å². The molecule has 0 saturated heterocycles. The summed E-state index contributed by atoms with van der Waals surface area (Å²) in [5.74, 6) is 0. The minimum absolute atomic E-state index is 0.194. The summed E-state index contributed by atoms with van der Waals surface area (Å²) < 4.78 is 0. The van der Waals surface area contributed by atoms with Gasteiger partial charge in [-0.1, -0.05) is 6.08 Å². The molecule has 2 rings (SSSR count). The first-order chi connectivity index (χ1) is 5.29. The number of hydrogen-bond donors (Lipinski definition) is 1. The average molecular weight is 149 g/mol. The van der Waals surface area contributed by atoms with Crippen LogP contribution in [0, 0.1) is 0 Å². The molecule has 0 bridgehead atoms. The molecule has 2 heterocycles. The quantitative estimate of drug-likeness (QED) is 0.548. The van der Waals surface area contributed by atoms with E-state index in [1.807, 2.05) is 24.3 Å². The largest absolute Gasteiger partial charge is 0.321 e. The number of dihydropyridines is 1. The number of nitrogens with one attached hydrogen (secondary N) is 1. The monoisotopic (exact) mass is 149 g/mol. The molecule has 0 spiro atoms. The Labute approximate surface area is 66.1 Å². The Morgan fingerprint density at radius 1 is 1.64 bits per heavy atom. The zero-order valence-corrected chi connectivity index (χ0v) is 6.70. The van der Waals surface area contributed by atoms with Crippen molar-refractivity contribution < 1.29 is 0 Å². The van der Waals surface area contributed by atoms with E-state index in [2.05, 4.69) is 23.4 Å². The fraction of sp³-hybridized carbons (Fsp3) is 0.375. The molecule has 1 atom stereocenters. The summed E-state index contributed by atoms with van der Waals surface area (Å²) in [5, 5.41) is 2.00. The van der Waals surface area contributed by atoms with E-state index in [0.29, 0.717) is 0 Å². The summed E-state index contributed by atoms with van der Waals surface area (Å²) in [6.45, 7) is 2.07. The SMILES string of the molecule is CC1=C2C=CC=NC2N(C)N1. The highest BCUT2D eigenvalue weighted by Gasteiger charge is 2.25. The lowest BCUT2D eigenvalue weighted by Crippen LogP contribution is -2.34. The van der Waals surface area contributed by atoms with Gasteiger partial charge < -0.3 is 5.43 Å². The van der Waals surface area contributed by atoms with Gasteiger partial charge in [-0.3, -0.25) is 4.99 Å². The maximum atomic E-state index is 4.32. The normalized spacial score (nSPS) is 29.1. The fourth-order valence-corrected chi connectivity index (χ4v) is 1.46. The maximum Gasteiger partial charge on any atom is 0.145 e. The Bertz CT molecular complexity index is 263. The molecule has 58 valence electrons. The van der Waals surface area contributed by atoms with Gasteiger partial charge in [0.05, 0.1) is 0 Å². The van der Waals surface area contributed by atoms with Crippen LogP contribution in [0.4, 0.5) is 0 Å². The molecule has 0 amide bonds. The van der Waals surface area contributed by atoms with Gasteiger partial charge in [-0.25, -0.2) is 0 Å². The lowest BCUT2D eigenvalue weighted by molar-refractivity contribution is 0.250. The Balaban J connectivity index is 2.38. The van der Waals surface area contributed by atoms with Crippen LogP contribution in [0.5, 0.6) is 0 Å². The van der Waals surface area contributed by atoms with Crippen LogP contribution in [0.2, 0.25) is 0 Å². The predicted octanol–water partition coefficient (Wildman–Crippen LogP) is 0.677. The summed E-state index contributed by atoms with van der Waals surface area (Å²) in [6.07, 6.45) is 6.10. The Hall–Kier alpha value is -1.09. The third kappa shape index (κ3) is 0.886. The van der Waals surface area contributed by atoms with Crippen LogP contribution in [0.3, 0.4) is 0 Å². The van der Waals surface area contributed by atoms with Crippen molar-refractivity contribution in [3.05, 3.63) is 23.4 Å². The smallest absolute Gasteiger partial charge is 0.145 e. The highest BCUT2D eigenvalue weighted by molar-refractivity contribution is 5.74. The van der Waals surface area contributed by atoms with Gasteiger partial charge in [0, 0.05) is 24.5 Å². The zero-order chi connectivity index (χ0) is 7.84. The molecule has 0 aromatic rings. The van der Waals surface area contributed by atoms with Gasteiger partial charge in [-0.15, -0.1) is 0 Å². The van der Waals surface area contributed by atoms with Crippen molar-refractivity contribution in [3.8, 4) is 0 Å². The van der Waals surface area contributed by atoms with Gasteiger partial charge >= 0.3 is 0 Å². The minimum Gasteiger partial charge on any atom is -0.321 e. The minimum atomic E-state index is 0.194. The van der Waals surface area contributed by atoms with Crippen LogP contribution in [0.15, 0.2) is 28.4 Å². The number of nitrogens with zero attached hydrogens (tertiary/aromatic N) is 2. The van der Waals surface area contributed by atoms with Gasteiger partial charge in [0.15, 0.2) is 0 Å². The lowest BCUT2D eigenvalue weighted by Gasteiger charge is -2.18. The molecule has 0 fully saturated rings. The Morgan fingerprint density at radius 3 is 3.18 bits per heavy atom. The topological polar surface area (TPSA) is 27.6 Å². The fourth-order valence-electron chi connectivity index (χ4n) is 1.46. The van der Waals surface area contributed by atoms with Crippen molar-refractivity contribution in [2.24, 2.45) is 4.99 Å². The van der Waals surface area contributed by atoms with Crippen LogP contribution in [0.25, 0.3) is 0 Å². The molecule has 2 aliphatic rings. The van der Waals surface area contributed by atoms with Gasteiger partial charge in [0.1, 0.15) is 6.17 Å². The van der Waals surface area contributed by atoms with E-state index in [1.165, 1.54) is 11.3 Å². The molecule has 0 radical (unpaired) electrons. The lowest BCUT2D eigenvalue weighted by atomic mass is 10.1.